The van der Waals surface area contributed by atoms with Crippen molar-refractivity contribution >= 4 is 23.1 Å². The van der Waals surface area contributed by atoms with Crippen molar-refractivity contribution in [2.45, 2.75) is 0 Å². The largest absolute Gasteiger partial charge is 0.496 e. The zero-order valence-corrected chi connectivity index (χ0v) is 17.7. The van der Waals surface area contributed by atoms with Crippen LogP contribution in [0.15, 0.2) is 48.2 Å². The van der Waals surface area contributed by atoms with Crippen LogP contribution in [-0.2, 0) is 14.3 Å². The smallest absolute Gasteiger partial charge is 0.282 e. The monoisotopic (exact) mass is 424 g/mol. The molecule has 0 saturated carbocycles. The third kappa shape index (κ3) is 3.59. The van der Waals surface area contributed by atoms with E-state index in [1.807, 2.05) is 17.0 Å². The highest BCUT2D eigenvalue weighted by Crippen LogP contribution is 2.40. The van der Waals surface area contributed by atoms with E-state index >= 15 is 0 Å². The van der Waals surface area contributed by atoms with Gasteiger partial charge < -0.3 is 23.8 Å². The van der Waals surface area contributed by atoms with Gasteiger partial charge in [0.05, 0.1) is 45.8 Å². The molecule has 4 rings (SSSR count). The molecule has 0 N–H and O–H groups in total. The molecule has 2 aromatic rings. The number of amides is 2. The van der Waals surface area contributed by atoms with Gasteiger partial charge in [-0.25, -0.2) is 4.90 Å². The van der Waals surface area contributed by atoms with Gasteiger partial charge in [-0.05, 0) is 18.2 Å². The summed E-state index contributed by atoms with van der Waals surface area (Å²) in [5.41, 5.74) is 1.66. The molecule has 0 bridgehead atoms. The van der Waals surface area contributed by atoms with E-state index in [2.05, 4.69) is 0 Å². The quantitative estimate of drug-likeness (QED) is 0.659. The molecule has 162 valence electrons. The number of para-hydroxylation sites is 1. The lowest BCUT2D eigenvalue weighted by molar-refractivity contribution is -0.121. The summed E-state index contributed by atoms with van der Waals surface area (Å²) in [5.74, 6) is 0.665. The van der Waals surface area contributed by atoms with Crippen molar-refractivity contribution in [1.82, 2.24) is 4.90 Å². The Bertz CT molecular complexity index is 1040. The van der Waals surface area contributed by atoms with Gasteiger partial charge in [-0.2, -0.15) is 0 Å². The Balaban J connectivity index is 1.85. The summed E-state index contributed by atoms with van der Waals surface area (Å²) in [4.78, 5) is 30.3. The number of morpholine rings is 1. The van der Waals surface area contributed by atoms with Gasteiger partial charge in [0.2, 0.25) is 0 Å². The van der Waals surface area contributed by atoms with Crippen LogP contribution < -0.4 is 19.1 Å². The number of imide groups is 1. The van der Waals surface area contributed by atoms with Gasteiger partial charge in [0.15, 0.2) is 11.5 Å². The van der Waals surface area contributed by atoms with E-state index in [1.165, 1.54) is 19.1 Å². The Morgan fingerprint density at radius 2 is 1.48 bits per heavy atom. The molecule has 2 heterocycles. The summed E-state index contributed by atoms with van der Waals surface area (Å²) in [6, 6.07) is 12.2. The first-order valence-corrected chi connectivity index (χ1v) is 9.91. The molecule has 8 nitrogen and oxygen atoms in total. The first-order chi connectivity index (χ1) is 15.1. The van der Waals surface area contributed by atoms with Gasteiger partial charge in [-0.15, -0.1) is 0 Å². The SMILES string of the molecule is COc1ccc(N2C(=O)C(c3ccccc3OC)=C(N3CCOCC3)C2=O)cc1OC. The topological polar surface area (TPSA) is 77.5 Å². The molecule has 2 aromatic carbocycles. The molecule has 31 heavy (non-hydrogen) atoms. The van der Waals surface area contributed by atoms with E-state index in [-0.39, 0.29) is 5.91 Å². The first kappa shape index (κ1) is 20.7. The van der Waals surface area contributed by atoms with Crippen molar-refractivity contribution in [3.63, 3.8) is 0 Å². The van der Waals surface area contributed by atoms with Crippen LogP contribution in [0.3, 0.4) is 0 Å². The second kappa shape index (κ2) is 8.69. The lowest BCUT2D eigenvalue weighted by Gasteiger charge is -2.29. The van der Waals surface area contributed by atoms with Crippen LogP contribution in [0.5, 0.6) is 17.2 Å². The highest BCUT2D eigenvalue weighted by atomic mass is 16.5. The number of hydrogen-bond donors (Lipinski definition) is 0. The van der Waals surface area contributed by atoms with Gasteiger partial charge in [0.1, 0.15) is 11.4 Å². The highest BCUT2D eigenvalue weighted by Gasteiger charge is 2.43. The van der Waals surface area contributed by atoms with Crippen molar-refractivity contribution in [2.24, 2.45) is 0 Å². The highest BCUT2D eigenvalue weighted by molar-refractivity contribution is 6.45. The number of anilines is 1. The molecule has 0 aliphatic carbocycles. The molecule has 2 aliphatic heterocycles. The fraction of sp³-hybridized carbons (Fsp3) is 0.304. The summed E-state index contributed by atoms with van der Waals surface area (Å²) >= 11 is 0. The van der Waals surface area contributed by atoms with Crippen molar-refractivity contribution in [1.29, 1.82) is 0 Å². The number of nitrogens with zero attached hydrogens (tertiary/aromatic N) is 2. The molecular weight excluding hydrogens is 400 g/mol. The van der Waals surface area contributed by atoms with Crippen LogP contribution in [0.25, 0.3) is 5.57 Å². The van der Waals surface area contributed by atoms with Gasteiger partial charge in [-0.1, -0.05) is 18.2 Å². The number of carbonyl (C=O) groups is 2. The first-order valence-electron chi connectivity index (χ1n) is 9.91. The standard InChI is InChI=1S/C23H24N2O6/c1-28-17-7-5-4-6-16(17)20-21(24-10-12-31-13-11-24)23(27)25(22(20)26)15-8-9-18(29-2)19(14-15)30-3/h4-9,14H,10-13H2,1-3H3. The average molecular weight is 424 g/mol. The van der Waals surface area contributed by atoms with E-state index < -0.39 is 5.91 Å². The Morgan fingerprint density at radius 1 is 0.806 bits per heavy atom. The summed E-state index contributed by atoms with van der Waals surface area (Å²) in [5, 5.41) is 0. The van der Waals surface area contributed by atoms with E-state index in [9.17, 15) is 9.59 Å². The second-order valence-corrected chi connectivity index (χ2v) is 7.01. The number of benzene rings is 2. The minimum Gasteiger partial charge on any atom is -0.496 e. The second-order valence-electron chi connectivity index (χ2n) is 7.01. The summed E-state index contributed by atoms with van der Waals surface area (Å²) in [6.07, 6.45) is 0. The normalized spacial score (nSPS) is 16.7. The molecule has 0 aromatic heterocycles. The fourth-order valence-electron chi connectivity index (χ4n) is 3.89. The van der Waals surface area contributed by atoms with Gasteiger partial charge >= 0.3 is 0 Å². The van der Waals surface area contributed by atoms with Crippen LogP contribution in [0.4, 0.5) is 5.69 Å². The minimum absolute atomic E-state index is 0.319. The maximum Gasteiger partial charge on any atom is 0.282 e. The lowest BCUT2D eigenvalue weighted by Crippen LogP contribution is -2.40. The lowest BCUT2D eigenvalue weighted by atomic mass is 10.0. The third-order valence-electron chi connectivity index (χ3n) is 5.39. The number of hydrogen-bond acceptors (Lipinski definition) is 7. The molecule has 1 saturated heterocycles. The van der Waals surface area contributed by atoms with Crippen LogP contribution >= 0.6 is 0 Å². The van der Waals surface area contributed by atoms with E-state index in [1.54, 1.807) is 37.4 Å². The predicted molar refractivity (Wildman–Crippen MR) is 114 cm³/mol. The molecule has 8 heteroatoms. The van der Waals surface area contributed by atoms with Gasteiger partial charge in [0, 0.05) is 24.7 Å². The number of rotatable bonds is 6. The molecule has 2 aliphatic rings. The summed E-state index contributed by atoms with van der Waals surface area (Å²) in [7, 11) is 4.58. The Labute approximate surface area is 180 Å². The van der Waals surface area contributed by atoms with Crippen LogP contribution in [0.1, 0.15) is 5.56 Å². The Hall–Kier alpha value is -3.52. The van der Waals surface area contributed by atoms with Crippen LogP contribution in [-0.4, -0.2) is 64.3 Å². The maximum absolute atomic E-state index is 13.7. The average Bonchev–Trinajstić information content (AvgIpc) is 3.08. The maximum atomic E-state index is 13.7. The van der Waals surface area contributed by atoms with Crippen molar-refractivity contribution < 1.29 is 28.5 Å². The van der Waals surface area contributed by atoms with Crippen molar-refractivity contribution in [3.05, 3.63) is 53.7 Å². The van der Waals surface area contributed by atoms with E-state index in [0.717, 1.165) is 0 Å². The van der Waals surface area contributed by atoms with Crippen molar-refractivity contribution in [2.75, 3.05) is 52.5 Å². The molecule has 0 spiro atoms. The van der Waals surface area contributed by atoms with Gasteiger partial charge in [-0.3, -0.25) is 9.59 Å². The predicted octanol–water partition coefficient (Wildman–Crippen LogP) is 2.33. The van der Waals surface area contributed by atoms with E-state index in [4.69, 9.17) is 18.9 Å². The molecule has 0 unspecified atom stereocenters. The Kier molecular flexibility index (Phi) is 5.81. The zero-order valence-electron chi connectivity index (χ0n) is 17.7. The van der Waals surface area contributed by atoms with Crippen molar-refractivity contribution in [3.8, 4) is 17.2 Å². The van der Waals surface area contributed by atoms with Crippen LogP contribution in [0.2, 0.25) is 0 Å². The zero-order chi connectivity index (χ0) is 22.0. The van der Waals surface area contributed by atoms with Crippen LogP contribution in [0, 0.1) is 0 Å². The third-order valence-corrected chi connectivity index (χ3v) is 5.39. The number of carbonyl (C=O) groups excluding carboxylic acids is 2. The minimum atomic E-state index is -0.414. The number of methoxy groups -OCH3 is 3. The fourth-order valence-corrected chi connectivity index (χ4v) is 3.89. The van der Waals surface area contributed by atoms with Gasteiger partial charge in [0.25, 0.3) is 11.8 Å². The number of ether oxygens (including phenoxy) is 4. The molecule has 0 atom stereocenters. The summed E-state index contributed by atoms with van der Waals surface area (Å²) < 4.78 is 21.6. The molecular formula is C23H24N2O6. The van der Waals surface area contributed by atoms with E-state index in [0.29, 0.717) is 66.1 Å². The summed E-state index contributed by atoms with van der Waals surface area (Å²) in [6.45, 7) is 2.01. The molecule has 0 radical (unpaired) electrons. The molecule has 1 fully saturated rings. The Morgan fingerprint density at radius 3 is 2.16 bits per heavy atom. The molecule has 2 amide bonds.